The van der Waals surface area contributed by atoms with E-state index in [2.05, 4.69) is 22.5 Å². The number of nitro groups is 1. The van der Waals surface area contributed by atoms with Crippen LogP contribution >= 0.6 is 11.8 Å². The molecule has 0 unspecified atom stereocenters. The maximum atomic E-state index is 11.1. The molecule has 1 saturated heterocycles. The molecule has 0 amide bonds. The van der Waals surface area contributed by atoms with Gasteiger partial charge in [-0.1, -0.05) is 6.92 Å². The van der Waals surface area contributed by atoms with Crippen LogP contribution < -0.4 is 10.6 Å². The summed E-state index contributed by atoms with van der Waals surface area (Å²) < 4.78 is 0. The van der Waals surface area contributed by atoms with E-state index in [1.807, 2.05) is 11.8 Å². The number of aromatic nitrogens is 1. The Morgan fingerprint density at radius 2 is 2.20 bits per heavy atom. The minimum atomic E-state index is -0.378. The zero-order valence-electron chi connectivity index (χ0n) is 11.6. The van der Waals surface area contributed by atoms with Gasteiger partial charge < -0.3 is 10.6 Å². The van der Waals surface area contributed by atoms with Gasteiger partial charge in [0.15, 0.2) is 0 Å². The number of nitrogens with one attached hydrogen (secondary N) is 2. The van der Waals surface area contributed by atoms with Crippen LogP contribution in [0, 0.1) is 10.1 Å². The second kappa shape index (κ2) is 7.33. The van der Waals surface area contributed by atoms with Crippen molar-refractivity contribution >= 4 is 29.1 Å². The Morgan fingerprint density at radius 3 is 2.85 bits per heavy atom. The molecule has 20 heavy (non-hydrogen) atoms. The Bertz CT molecular complexity index is 464. The molecule has 2 heterocycles. The molecule has 0 saturated carbocycles. The monoisotopic (exact) mass is 296 g/mol. The molecule has 1 aliphatic heterocycles. The van der Waals surface area contributed by atoms with Gasteiger partial charge >= 0.3 is 5.69 Å². The molecular formula is C13H20N4O2S. The van der Waals surface area contributed by atoms with E-state index >= 15 is 0 Å². The number of anilines is 2. The van der Waals surface area contributed by atoms with Gasteiger partial charge in [0.05, 0.1) is 4.92 Å². The highest BCUT2D eigenvalue weighted by atomic mass is 32.2. The lowest BCUT2D eigenvalue weighted by Gasteiger charge is -2.23. The molecule has 1 aromatic heterocycles. The van der Waals surface area contributed by atoms with Crippen LogP contribution in [0.1, 0.15) is 26.2 Å². The van der Waals surface area contributed by atoms with Gasteiger partial charge in [-0.25, -0.2) is 4.98 Å². The molecule has 1 fully saturated rings. The molecule has 0 spiro atoms. The van der Waals surface area contributed by atoms with E-state index in [0.717, 1.165) is 37.3 Å². The van der Waals surface area contributed by atoms with Gasteiger partial charge in [-0.2, -0.15) is 11.8 Å². The van der Waals surface area contributed by atoms with Gasteiger partial charge in [0, 0.05) is 18.7 Å². The topological polar surface area (TPSA) is 80.1 Å². The molecule has 1 aliphatic rings. The molecule has 0 bridgehead atoms. The van der Waals surface area contributed by atoms with Crippen LogP contribution in [0.5, 0.6) is 0 Å². The van der Waals surface area contributed by atoms with Crippen molar-refractivity contribution in [3.63, 3.8) is 0 Å². The minimum Gasteiger partial charge on any atom is -0.370 e. The van der Waals surface area contributed by atoms with Crippen LogP contribution in [0.3, 0.4) is 0 Å². The first-order chi connectivity index (χ1) is 9.70. The van der Waals surface area contributed by atoms with E-state index in [-0.39, 0.29) is 16.7 Å². The third kappa shape index (κ3) is 4.00. The number of rotatable bonds is 6. The van der Waals surface area contributed by atoms with Crippen LogP contribution in [-0.2, 0) is 0 Å². The molecule has 0 atom stereocenters. The quantitative estimate of drug-likeness (QED) is 0.620. The van der Waals surface area contributed by atoms with Crippen LogP contribution in [0.25, 0.3) is 0 Å². The fraction of sp³-hybridized carbons (Fsp3) is 0.615. The molecule has 6 nitrogen and oxygen atoms in total. The summed E-state index contributed by atoms with van der Waals surface area (Å²) >= 11 is 1.93. The van der Waals surface area contributed by atoms with Crippen LogP contribution in [0.15, 0.2) is 12.1 Å². The zero-order chi connectivity index (χ0) is 14.4. The Balaban J connectivity index is 2.14. The summed E-state index contributed by atoms with van der Waals surface area (Å²) in [4.78, 5) is 15.1. The normalized spacial score (nSPS) is 15.8. The molecule has 0 radical (unpaired) electrons. The van der Waals surface area contributed by atoms with Gasteiger partial charge in [0.1, 0.15) is 5.82 Å². The maximum Gasteiger partial charge on any atom is 0.311 e. The highest BCUT2D eigenvalue weighted by Crippen LogP contribution is 2.27. The molecule has 1 aromatic rings. The van der Waals surface area contributed by atoms with Crippen molar-refractivity contribution < 1.29 is 4.92 Å². The van der Waals surface area contributed by atoms with Gasteiger partial charge in [-0.15, -0.1) is 0 Å². The fourth-order valence-corrected chi connectivity index (χ4v) is 3.20. The summed E-state index contributed by atoms with van der Waals surface area (Å²) in [5.41, 5.74) is 0.0466. The van der Waals surface area contributed by atoms with Gasteiger partial charge in [-0.3, -0.25) is 10.1 Å². The number of hydrogen-bond acceptors (Lipinski definition) is 6. The Morgan fingerprint density at radius 1 is 1.45 bits per heavy atom. The predicted molar refractivity (Wildman–Crippen MR) is 83.6 cm³/mol. The highest BCUT2D eigenvalue weighted by Gasteiger charge is 2.21. The summed E-state index contributed by atoms with van der Waals surface area (Å²) in [5, 5.41) is 17.5. The van der Waals surface area contributed by atoms with E-state index in [1.54, 1.807) is 6.07 Å². The predicted octanol–water partition coefficient (Wildman–Crippen LogP) is 3.12. The molecule has 7 heteroatoms. The standard InChI is InChI=1S/C13H20N4O2S/c1-2-7-14-12-4-3-11(17(18)19)13(16-12)15-10-5-8-20-9-6-10/h3-4,10H,2,5-9H2,1H3,(H2,14,15,16). The Labute approximate surface area is 122 Å². The Kier molecular flexibility index (Phi) is 5.46. The molecule has 2 rings (SSSR count). The molecule has 2 N–H and O–H groups in total. The largest absolute Gasteiger partial charge is 0.370 e. The fourth-order valence-electron chi connectivity index (χ4n) is 2.09. The second-order valence-corrected chi connectivity index (χ2v) is 6.00. The lowest BCUT2D eigenvalue weighted by atomic mass is 10.1. The zero-order valence-corrected chi connectivity index (χ0v) is 12.4. The van der Waals surface area contributed by atoms with Crippen molar-refractivity contribution in [1.82, 2.24) is 4.98 Å². The number of thioether (sulfide) groups is 1. The van der Waals surface area contributed by atoms with Gasteiger partial charge in [-0.05, 0) is 36.8 Å². The summed E-state index contributed by atoms with van der Waals surface area (Å²) in [7, 11) is 0. The molecule has 0 aliphatic carbocycles. The first-order valence-corrected chi connectivity index (χ1v) is 8.09. The van der Waals surface area contributed by atoms with E-state index < -0.39 is 0 Å². The molecular weight excluding hydrogens is 276 g/mol. The SMILES string of the molecule is CCCNc1ccc([N+](=O)[O-])c(NC2CCSCC2)n1. The van der Waals surface area contributed by atoms with Crippen molar-refractivity contribution in [1.29, 1.82) is 0 Å². The number of pyridine rings is 1. The van der Waals surface area contributed by atoms with E-state index in [9.17, 15) is 10.1 Å². The van der Waals surface area contributed by atoms with Crippen LogP contribution in [0.4, 0.5) is 17.3 Å². The van der Waals surface area contributed by atoms with Crippen molar-refractivity contribution in [3.05, 3.63) is 22.2 Å². The number of nitrogens with zero attached hydrogens (tertiary/aromatic N) is 2. The van der Waals surface area contributed by atoms with Crippen LogP contribution in [0.2, 0.25) is 0 Å². The molecule has 0 aromatic carbocycles. The van der Waals surface area contributed by atoms with E-state index in [0.29, 0.717) is 11.6 Å². The van der Waals surface area contributed by atoms with Crippen molar-refractivity contribution in [2.75, 3.05) is 28.7 Å². The summed E-state index contributed by atoms with van der Waals surface area (Å²) in [5.74, 6) is 3.26. The average molecular weight is 296 g/mol. The maximum absolute atomic E-state index is 11.1. The first kappa shape index (κ1) is 14.9. The average Bonchev–Trinajstić information content (AvgIpc) is 2.46. The van der Waals surface area contributed by atoms with E-state index in [4.69, 9.17) is 0 Å². The van der Waals surface area contributed by atoms with Crippen molar-refractivity contribution in [2.24, 2.45) is 0 Å². The smallest absolute Gasteiger partial charge is 0.311 e. The molecule has 110 valence electrons. The lowest BCUT2D eigenvalue weighted by molar-refractivity contribution is -0.384. The van der Waals surface area contributed by atoms with Crippen LogP contribution in [-0.4, -0.2) is 34.0 Å². The van der Waals surface area contributed by atoms with E-state index in [1.165, 1.54) is 6.07 Å². The second-order valence-electron chi connectivity index (χ2n) is 4.78. The van der Waals surface area contributed by atoms with Crippen molar-refractivity contribution in [2.45, 2.75) is 32.2 Å². The summed E-state index contributed by atoms with van der Waals surface area (Å²) in [6.45, 7) is 2.88. The third-order valence-corrected chi connectivity index (χ3v) is 4.24. The van der Waals surface area contributed by atoms with Gasteiger partial charge in [0.25, 0.3) is 0 Å². The number of hydrogen-bond donors (Lipinski definition) is 2. The third-order valence-electron chi connectivity index (χ3n) is 3.19. The van der Waals surface area contributed by atoms with Crippen molar-refractivity contribution in [3.8, 4) is 0 Å². The summed E-state index contributed by atoms with van der Waals surface area (Å²) in [6, 6.07) is 3.46. The Hall–Kier alpha value is -1.50. The highest BCUT2D eigenvalue weighted by molar-refractivity contribution is 7.99. The van der Waals surface area contributed by atoms with Gasteiger partial charge in [0.2, 0.25) is 5.82 Å². The summed E-state index contributed by atoms with van der Waals surface area (Å²) in [6.07, 6.45) is 3.04. The lowest BCUT2D eigenvalue weighted by Crippen LogP contribution is -2.25. The minimum absolute atomic E-state index is 0.0466. The first-order valence-electron chi connectivity index (χ1n) is 6.94.